The van der Waals surface area contributed by atoms with Crippen LogP contribution in [0.2, 0.25) is 10.0 Å². The molecule has 4 aromatic heterocycles. The van der Waals surface area contributed by atoms with Crippen LogP contribution >= 0.6 is 23.2 Å². The molecular weight excluding hydrogens is 900 g/mol. The van der Waals surface area contributed by atoms with Crippen molar-refractivity contribution in [1.29, 1.82) is 0 Å². The minimum atomic E-state index is -0.509. The van der Waals surface area contributed by atoms with Gasteiger partial charge in [-0.25, -0.2) is 44.1 Å². The molecule has 4 fully saturated rings. The topological polar surface area (TPSA) is 170 Å². The number of halogens is 2. The molecule has 0 spiro atoms. The Morgan fingerprint density at radius 3 is 1.51 bits per heavy atom. The number of nitrogens with one attached hydrogen (secondary N) is 2. The van der Waals surface area contributed by atoms with Gasteiger partial charge in [0.15, 0.2) is 0 Å². The van der Waals surface area contributed by atoms with Gasteiger partial charge >= 0.3 is 6.09 Å². The number of carbonyl (C=O) groups excluding carboxylic acids is 1. The number of aromatic nitrogens is 10. The minimum absolute atomic E-state index is 0.471. The third-order valence-electron chi connectivity index (χ3n) is 13.3. The Labute approximate surface area is 409 Å². The Balaban J connectivity index is 0.000000144. The van der Waals surface area contributed by atoms with Gasteiger partial charge in [0.05, 0.1) is 46.2 Å². The van der Waals surface area contributed by atoms with Crippen LogP contribution in [0.3, 0.4) is 0 Å². The maximum Gasteiger partial charge on any atom is 0.412 e. The molecule has 68 heavy (non-hydrogen) atoms. The van der Waals surface area contributed by atoms with Crippen molar-refractivity contribution in [2.24, 2.45) is 35.5 Å². The molecule has 0 radical (unpaired) electrons. The van der Waals surface area contributed by atoms with E-state index < -0.39 is 11.7 Å². The van der Waals surface area contributed by atoms with Gasteiger partial charge in [-0.05, 0) is 150 Å². The van der Waals surface area contributed by atoms with Crippen LogP contribution in [0.25, 0.3) is 11.4 Å². The van der Waals surface area contributed by atoms with Crippen LogP contribution in [0.4, 0.5) is 28.1 Å². The SMILES string of the molecule is CC(C)(C)OC(=O)Nc1ccc(-n2cncn2)cc1.CCC[C@@H]1C[C@@H]1C1CCN(c2ncc(Cl)cn2)CC1.Clc1cnc(N2CCC([C@H]3C[C@H]3CCNc3ccc(-n4cncn4)cc3)CC2)nc1. The summed E-state index contributed by atoms with van der Waals surface area (Å²) in [4.78, 5) is 41.4. The Bertz CT molecular complexity index is 2420. The molecule has 2 saturated heterocycles. The fourth-order valence-electron chi connectivity index (χ4n) is 9.66. The van der Waals surface area contributed by atoms with E-state index in [9.17, 15) is 4.79 Å². The van der Waals surface area contributed by atoms with Gasteiger partial charge in [-0.15, -0.1) is 0 Å². The first-order valence-corrected chi connectivity index (χ1v) is 24.8. The van der Waals surface area contributed by atoms with Crippen LogP contribution in [0.15, 0.2) is 98.6 Å². The Hall–Kier alpha value is -5.87. The van der Waals surface area contributed by atoms with E-state index in [1.807, 2.05) is 32.9 Å². The third kappa shape index (κ3) is 14.1. The number of anilines is 4. The number of piperidine rings is 2. The lowest BCUT2D eigenvalue weighted by Gasteiger charge is -2.32. The molecular formula is C50H64Cl2N14O2. The van der Waals surface area contributed by atoms with Gasteiger partial charge in [0, 0.05) is 44.1 Å². The van der Waals surface area contributed by atoms with E-state index >= 15 is 0 Å². The highest BCUT2D eigenvalue weighted by Crippen LogP contribution is 2.51. The Morgan fingerprint density at radius 1 is 0.662 bits per heavy atom. The first kappa shape index (κ1) is 48.6. The van der Waals surface area contributed by atoms with Gasteiger partial charge in [-0.2, -0.15) is 10.2 Å². The molecule has 2 N–H and O–H groups in total. The summed E-state index contributed by atoms with van der Waals surface area (Å²) >= 11 is 11.7. The predicted molar refractivity (Wildman–Crippen MR) is 268 cm³/mol. The normalized spacial score (nSPS) is 20.3. The zero-order valence-corrected chi connectivity index (χ0v) is 41.1. The lowest BCUT2D eigenvalue weighted by atomic mass is 9.90. The van der Waals surface area contributed by atoms with E-state index in [0.29, 0.717) is 15.7 Å². The van der Waals surface area contributed by atoms with Crippen molar-refractivity contribution in [2.45, 2.75) is 91.1 Å². The molecule has 2 aliphatic carbocycles. The van der Waals surface area contributed by atoms with Crippen LogP contribution in [0.1, 0.15) is 85.5 Å². The summed E-state index contributed by atoms with van der Waals surface area (Å²) in [5.41, 5.74) is 3.21. The maximum absolute atomic E-state index is 11.6. The molecule has 0 unspecified atom stereocenters. The van der Waals surface area contributed by atoms with Crippen LogP contribution < -0.4 is 20.4 Å². The average Bonchev–Trinajstić information content (AvgIpc) is 4.12. The zero-order valence-electron chi connectivity index (χ0n) is 39.5. The van der Waals surface area contributed by atoms with Gasteiger partial charge in [-0.1, -0.05) is 43.0 Å². The summed E-state index contributed by atoms with van der Waals surface area (Å²) in [6.45, 7) is 13.1. The second kappa shape index (κ2) is 23.0. The Morgan fingerprint density at radius 2 is 1.10 bits per heavy atom. The smallest absolute Gasteiger partial charge is 0.412 e. The minimum Gasteiger partial charge on any atom is -0.444 e. The number of nitrogens with zero attached hydrogens (tertiary/aromatic N) is 12. The van der Waals surface area contributed by atoms with Crippen molar-refractivity contribution in [1.82, 2.24) is 49.5 Å². The zero-order chi connectivity index (χ0) is 47.5. The van der Waals surface area contributed by atoms with Crippen LogP contribution in [0, 0.1) is 35.5 Å². The molecule has 2 aromatic carbocycles. The van der Waals surface area contributed by atoms with Gasteiger partial charge < -0.3 is 19.9 Å². The maximum atomic E-state index is 11.6. The molecule has 18 heteroatoms. The van der Waals surface area contributed by atoms with E-state index in [4.69, 9.17) is 27.9 Å². The highest BCUT2D eigenvalue weighted by molar-refractivity contribution is 6.30. The third-order valence-corrected chi connectivity index (χ3v) is 13.7. The molecule has 0 bridgehead atoms. The second-order valence-electron chi connectivity index (χ2n) is 19.3. The van der Waals surface area contributed by atoms with Crippen LogP contribution in [0.5, 0.6) is 0 Å². The number of hydrogen-bond acceptors (Lipinski definition) is 13. The predicted octanol–water partition coefficient (Wildman–Crippen LogP) is 10.5. The summed E-state index contributed by atoms with van der Waals surface area (Å²) in [6, 6.07) is 15.6. The molecule has 6 aromatic rings. The number of ether oxygens (including phenoxy) is 1. The largest absolute Gasteiger partial charge is 0.444 e. The van der Waals surface area contributed by atoms with E-state index in [1.54, 1.807) is 65.3 Å². The van der Waals surface area contributed by atoms with Crippen LogP contribution in [-0.2, 0) is 4.74 Å². The first-order valence-electron chi connectivity index (χ1n) is 24.1. The van der Waals surface area contributed by atoms with E-state index in [2.05, 4.69) is 91.7 Å². The summed E-state index contributed by atoms with van der Waals surface area (Å²) in [7, 11) is 0. The van der Waals surface area contributed by atoms with Gasteiger partial charge in [-0.3, -0.25) is 5.32 Å². The van der Waals surface area contributed by atoms with Gasteiger partial charge in [0.25, 0.3) is 0 Å². The summed E-state index contributed by atoms with van der Waals surface area (Å²) < 4.78 is 8.57. The number of carbonyl (C=O) groups is 1. The molecule has 10 rings (SSSR count). The lowest BCUT2D eigenvalue weighted by Crippen LogP contribution is -2.35. The molecule has 2 aliphatic heterocycles. The van der Waals surface area contributed by atoms with E-state index in [-0.39, 0.29) is 0 Å². The molecule has 1 amide bonds. The standard InChI is InChI=1S/C22H26ClN7.C15H22ClN3.C13H16N4O2/c23-18-12-26-22(27-13-18)29-9-6-16(7-10-29)21-11-17(21)5-8-25-19-1-3-20(4-2-19)30-15-24-14-28-30;1-2-3-12-8-14(12)11-4-6-19(7-5-11)15-17-9-13(16)10-18-15;1-13(2,3)19-12(18)16-10-4-6-11(7-5-10)17-9-14-8-15-17/h1-4,12-17,21,25H,5-11H2;9-12,14H,2-8H2,1H3;4-9H,1-3H3,(H,16,18)/t17-,21-;12-,14-;/m11./s1. The van der Waals surface area contributed by atoms with Crippen molar-refractivity contribution >= 4 is 52.6 Å². The van der Waals surface area contributed by atoms with E-state index in [1.165, 1.54) is 64.1 Å². The molecule has 360 valence electrons. The summed E-state index contributed by atoms with van der Waals surface area (Å²) in [6.07, 6.45) is 24.6. The Kier molecular flexibility index (Phi) is 16.4. The molecule has 16 nitrogen and oxygen atoms in total. The van der Waals surface area contributed by atoms with Gasteiger partial charge in [0.2, 0.25) is 11.9 Å². The monoisotopic (exact) mass is 962 g/mol. The first-order chi connectivity index (χ1) is 33.0. The quantitative estimate of drug-likeness (QED) is 0.112. The highest BCUT2D eigenvalue weighted by atomic mass is 35.5. The molecule has 4 aliphatic rings. The van der Waals surface area contributed by atoms with Crippen molar-refractivity contribution in [3.63, 3.8) is 0 Å². The van der Waals surface area contributed by atoms with Crippen molar-refractivity contribution < 1.29 is 9.53 Å². The van der Waals surface area contributed by atoms with Crippen molar-refractivity contribution in [3.05, 3.63) is 109 Å². The van der Waals surface area contributed by atoms with Crippen molar-refractivity contribution in [2.75, 3.05) is 53.2 Å². The number of rotatable bonds is 13. The van der Waals surface area contributed by atoms with Crippen LogP contribution in [-0.4, -0.2) is 93.9 Å². The second-order valence-corrected chi connectivity index (χ2v) is 20.1. The fourth-order valence-corrected chi connectivity index (χ4v) is 9.86. The number of benzene rings is 2. The molecule has 4 atom stereocenters. The molecule has 2 saturated carbocycles. The van der Waals surface area contributed by atoms with Gasteiger partial charge in [0.1, 0.15) is 30.9 Å². The van der Waals surface area contributed by atoms with Crippen molar-refractivity contribution in [3.8, 4) is 11.4 Å². The lowest BCUT2D eigenvalue weighted by molar-refractivity contribution is 0.0636. The number of amides is 1. The molecule has 6 heterocycles. The van der Waals surface area contributed by atoms with E-state index in [0.717, 1.165) is 97.2 Å². The fraction of sp³-hybridized carbons (Fsp3) is 0.500. The summed E-state index contributed by atoms with van der Waals surface area (Å²) in [5, 5.41) is 15.6. The number of hydrogen-bond donors (Lipinski definition) is 2. The average molecular weight is 964 g/mol. The highest BCUT2D eigenvalue weighted by Gasteiger charge is 2.44. The summed E-state index contributed by atoms with van der Waals surface area (Å²) in [5.74, 6) is 7.26.